The summed E-state index contributed by atoms with van der Waals surface area (Å²) < 4.78 is 5.59. The molecule has 0 spiro atoms. The molecule has 1 aliphatic rings. The zero-order chi connectivity index (χ0) is 14.0. The lowest BCUT2D eigenvalue weighted by Crippen LogP contribution is -2.49. The van der Waals surface area contributed by atoms with Gasteiger partial charge in [0.25, 0.3) is 0 Å². The molecule has 2 atom stereocenters. The van der Waals surface area contributed by atoms with E-state index < -0.39 is 0 Å². The molecule has 1 N–H and O–H groups in total. The average molecular weight is 303 g/mol. The fourth-order valence-corrected chi connectivity index (χ4v) is 2.58. The highest BCUT2D eigenvalue weighted by Crippen LogP contribution is 2.25. The number of nitrogens with one attached hydrogen (secondary N) is 1. The molecule has 0 bridgehead atoms. The Kier molecular flexibility index (Phi) is 4.55. The van der Waals surface area contributed by atoms with Crippen molar-refractivity contribution in [1.29, 1.82) is 0 Å². The van der Waals surface area contributed by atoms with Crippen LogP contribution in [0.3, 0.4) is 0 Å². The maximum absolute atomic E-state index is 12.2. The van der Waals surface area contributed by atoms with E-state index in [2.05, 4.69) is 5.32 Å². The van der Waals surface area contributed by atoms with Gasteiger partial charge in [-0.15, -0.1) is 0 Å². The summed E-state index contributed by atoms with van der Waals surface area (Å²) in [5.41, 5.74) is 0.558. The molecule has 2 amide bonds. The van der Waals surface area contributed by atoms with Crippen LogP contribution in [0.2, 0.25) is 10.0 Å². The predicted octanol–water partition coefficient (Wildman–Crippen LogP) is 3.63. The van der Waals surface area contributed by atoms with E-state index >= 15 is 0 Å². The lowest BCUT2D eigenvalue weighted by Gasteiger charge is -2.35. The highest BCUT2D eigenvalue weighted by Gasteiger charge is 2.26. The summed E-state index contributed by atoms with van der Waals surface area (Å²) in [4.78, 5) is 13.9. The van der Waals surface area contributed by atoms with Crippen molar-refractivity contribution in [3.63, 3.8) is 0 Å². The van der Waals surface area contributed by atoms with Gasteiger partial charge >= 0.3 is 6.03 Å². The smallest absolute Gasteiger partial charge is 0.322 e. The number of ether oxygens (including phenoxy) is 1. The molecule has 0 unspecified atom stereocenters. The normalized spacial score (nSPS) is 23.3. The van der Waals surface area contributed by atoms with E-state index in [0.717, 1.165) is 0 Å². The van der Waals surface area contributed by atoms with Crippen molar-refractivity contribution in [2.75, 3.05) is 18.4 Å². The van der Waals surface area contributed by atoms with E-state index in [9.17, 15) is 4.79 Å². The van der Waals surface area contributed by atoms with Gasteiger partial charge in [0.15, 0.2) is 0 Å². The van der Waals surface area contributed by atoms with Crippen molar-refractivity contribution in [2.45, 2.75) is 26.1 Å². The van der Waals surface area contributed by atoms with Crippen LogP contribution >= 0.6 is 23.2 Å². The first-order chi connectivity index (χ1) is 8.95. The van der Waals surface area contributed by atoms with Gasteiger partial charge in [0.05, 0.1) is 22.9 Å². The van der Waals surface area contributed by atoms with Crippen molar-refractivity contribution in [1.82, 2.24) is 4.90 Å². The summed E-state index contributed by atoms with van der Waals surface area (Å²) in [7, 11) is 0. The zero-order valence-corrected chi connectivity index (χ0v) is 12.3. The molecule has 1 fully saturated rings. The minimum Gasteiger partial charge on any atom is -0.372 e. The number of carbonyl (C=O) groups excluding carboxylic acids is 1. The molecule has 4 nitrogen and oxygen atoms in total. The Bertz CT molecular complexity index is 472. The van der Waals surface area contributed by atoms with Gasteiger partial charge in [-0.1, -0.05) is 23.2 Å². The Hall–Kier alpha value is -0.970. The molecular formula is C13H16Cl2N2O2. The number of urea groups is 1. The van der Waals surface area contributed by atoms with Gasteiger partial charge in [-0.2, -0.15) is 0 Å². The van der Waals surface area contributed by atoms with Gasteiger partial charge < -0.3 is 15.0 Å². The van der Waals surface area contributed by atoms with Crippen molar-refractivity contribution >= 4 is 34.9 Å². The summed E-state index contributed by atoms with van der Waals surface area (Å²) in [5, 5.41) is 3.75. The molecule has 0 aliphatic carbocycles. The first-order valence-corrected chi connectivity index (χ1v) is 6.87. The van der Waals surface area contributed by atoms with Gasteiger partial charge in [0, 0.05) is 18.1 Å². The van der Waals surface area contributed by atoms with Gasteiger partial charge in [-0.05, 0) is 32.0 Å². The van der Waals surface area contributed by atoms with Gasteiger partial charge in [0.2, 0.25) is 0 Å². The Morgan fingerprint density at radius 1 is 1.32 bits per heavy atom. The van der Waals surface area contributed by atoms with Crippen LogP contribution in [0.5, 0.6) is 0 Å². The van der Waals surface area contributed by atoms with E-state index in [4.69, 9.17) is 27.9 Å². The average Bonchev–Trinajstić information content (AvgIpc) is 2.31. The van der Waals surface area contributed by atoms with Gasteiger partial charge in [-0.3, -0.25) is 0 Å². The third-order valence-electron chi connectivity index (χ3n) is 2.88. The molecule has 1 aromatic carbocycles. The van der Waals surface area contributed by atoms with Crippen LogP contribution in [0.25, 0.3) is 0 Å². The topological polar surface area (TPSA) is 41.6 Å². The number of morpholine rings is 1. The Balaban J connectivity index is 2.04. The van der Waals surface area contributed by atoms with Crippen molar-refractivity contribution in [2.24, 2.45) is 0 Å². The third kappa shape index (κ3) is 3.75. The van der Waals surface area contributed by atoms with E-state index in [1.165, 1.54) is 0 Å². The maximum atomic E-state index is 12.2. The second-order valence-electron chi connectivity index (χ2n) is 4.72. The quantitative estimate of drug-likeness (QED) is 0.860. The van der Waals surface area contributed by atoms with Gasteiger partial charge in [-0.25, -0.2) is 4.79 Å². The second-order valence-corrected chi connectivity index (χ2v) is 5.56. The molecule has 2 rings (SSSR count). The Labute approximate surface area is 122 Å². The fourth-order valence-electron chi connectivity index (χ4n) is 2.13. The number of amides is 2. The molecule has 1 heterocycles. The monoisotopic (exact) mass is 302 g/mol. The summed E-state index contributed by atoms with van der Waals surface area (Å²) >= 11 is 11.8. The molecular weight excluding hydrogens is 287 g/mol. The number of anilines is 1. The SMILES string of the molecule is C[C@H]1CN(C(=O)Nc2ccc(Cl)cc2Cl)C[C@H](C)O1. The van der Waals surface area contributed by atoms with Crippen LogP contribution in [-0.2, 0) is 4.74 Å². The number of hydrogen-bond donors (Lipinski definition) is 1. The summed E-state index contributed by atoms with van der Waals surface area (Å²) in [6, 6.07) is 4.80. The molecule has 0 radical (unpaired) electrons. The fraction of sp³-hybridized carbons (Fsp3) is 0.462. The number of nitrogens with zero attached hydrogens (tertiary/aromatic N) is 1. The second kappa shape index (κ2) is 5.99. The third-order valence-corrected chi connectivity index (χ3v) is 3.43. The van der Waals surface area contributed by atoms with Crippen molar-refractivity contribution in [3.8, 4) is 0 Å². The predicted molar refractivity (Wildman–Crippen MR) is 77.1 cm³/mol. The van der Waals surface area contributed by atoms with E-state index in [0.29, 0.717) is 28.8 Å². The molecule has 104 valence electrons. The van der Waals surface area contributed by atoms with E-state index in [-0.39, 0.29) is 18.2 Å². The van der Waals surface area contributed by atoms with Crippen LogP contribution in [0.1, 0.15) is 13.8 Å². The molecule has 1 aromatic rings. The Morgan fingerprint density at radius 2 is 1.95 bits per heavy atom. The standard InChI is InChI=1S/C13H16Cl2N2O2/c1-8-6-17(7-9(2)19-8)13(18)16-12-4-3-10(14)5-11(12)15/h3-5,8-9H,6-7H2,1-2H3,(H,16,18)/t8-,9-/m0/s1. The molecule has 19 heavy (non-hydrogen) atoms. The number of halogens is 2. The first kappa shape index (κ1) is 14.4. The number of hydrogen-bond acceptors (Lipinski definition) is 2. The van der Waals surface area contributed by atoms with Crippen molar-refractivity contribution < 1.29 is 9.53 Å². The van der Waals surface area contributed by atoms with Crippen LogP contribution in [-0.4, -0.2) is 36.2 Å². The molecule has 0 aromatic heterocycles. The highest BCUT2D eigenvalue weighted by molar-refractivity contribution is 6.36. The minimum absolute atomic E-state index is 0.0372. The number of carbonyl (C=O) groups is 1. The molecule has 1 saturated heterocycles. The number of benzene rings is 1. The van der Waals surface area contributed by atoms with Crippen molar-refractivity contribution in [3.05, 3.63) is 28.2 Å². The number of rotatable bonds is 1. The maximum Gasteiger partial charge on any atom is 0.322 e. The van der Waals surface area contributed by atoms with Crippen LogP contribution in [0.4, 0.5) is 10.5 Å². The summed E-state index contributed by atoms with van der Waals surface area (Å²) in [6.45, 7) is 5.04. The zero-order valence-electron chi connectivity index (χ0n) is 10.8. The van der Waals surface area contributed by atoms with Crippen LogP contribution in [0, 0.1) is 0 Å². The Morgan fingerprint density at radius 3 is 2.53 bits per heavy atom. The van der Waals surface area contributed by atoms with Crippen LogP contribution in [0.15, 0.2) is 18.2 Å². The van der Waals surface area contributed by atoms with Crippen LogP contribution < -0.4 is 5.32 Å². The minimum atomic E-state index is -0.175. The lowest BCUT2D eigenvalue weighted by molar-refractivity contribution is -0.0530. The van der Waals surface area contributed by atoms with Gasteiger partial charge in [0.1, 0.15) is 0 Å². The summed E-state index contributed by atoms with van der Waals surface area (Å²) in [5.74, 6) is 0. The summed E-state index contributed by atoms with van der Waals surface area (Å²) in [6.07, 6.45) is 0.0744. The largest absolute Gasteiger partial charge is 0.372 e. The lowest BCUT2D eigenvalue weighted by atomic mass is 10.2. The first-order valence-electron chi connectivity index (χ1n) is 6.12. The molecule has 1 aliphatic heterocycles. The molecule has 0 saturated carbocycles. The molecule has 6 heteroatoms. The van der Waals surface area contributed by atoms with E-state index in [1.54, 1.807) is 23.1 Å². The van der Waals surface area contributed by atoms with E-state index in [1.807, 2.05) is 13.8 Å². The highest BCUT2D eigenvalue weighted by atomic mass is 35.5.